The summed E-state index contributed by atoms with van der Waals surface area (Å²) in [6.07, 6.45) is 1.52. The minimum atomic E-state index is -2.23. The Bertz CT molecular complexity index is 1670. The number of rotatable bonds is 2. The highest BCUT2D eigenvalue weighted by molar-refractivity contribution is 7.29. The zero-order valence-corrected chi connectivity index (χ0v) is 18.7. The first-order chi connectivity index (χ1) is 16.8. The van der Waals surface area contributed by atoms with E-state index in [0.29, 0.717) is 25.4 Å². The molecule has 0 unspecified atom stereocenters. The number of carbonyl (C=O) groups excluding carboxylic acids is 1. The highest BCUT2D eigenvalue weighted by Gasteiger charge is 2.32. The fourth-order valence-corrected chi connectivity index (χ4v) is 6.24. The van der Waals surface area contributed by atoms with E-state index < -0.39 is 34.6 Å². The maximum atomic E-state index is 14.2. The van der Waals surface area contributed by atoms with Crippen molar-refractivity contribution < 1.29 is 26.7 Å². The minimum absolute atomic E-state index is 0.139. The average molecular weight is 510 g/mol. The van der Waals surface area contributed by atoms with E-state index >= 15 is 0 Å². The number of carbonyl (C=O) groups is 1. The molecule has 1 aliphatic carbocycles. The number of hydrogen-bond acceptors (Lipinski definition) is 5. The molecule has 2 aromatic heterocycles. The van der Waals surface area contributed by atoms with Crippen LogP contribution in [0.25, 0.3) is 31.5 Å². The second-order valence-corrected chi connectivity index (χ2v) is 9.54. The second kappa shape index (κ2) is 8.27. The van der Waals surface area contributed by atoms with Gasteiger partial charge in [-0.25, -0.2) is 22.0 Å². The summed E-state index contributed by atoms with van der Waals surface area (Å²) in [5, 5.41) is 18.8. The monoisotopic (exact) mass is 510 g/mol. The molecule has 3 nitrogen and oxygen atoms in total. The first-order valence-electron chi connectivity index (χ1n) is 9.72. The lowest BCUT2D eigenvalue weighted by atomic mass is 9.99. The van der Waals surface area contributed by atoms with Crippen LogP contribution >= 0.6 is 22.7 Å². The number of hydrogen-bond donors (Lipinski definition) is 0. The molecule has 4 aromatic rings. The molecule has 0 atom stereocenters. The summed E-state index contributed by atoms with van der Waals surface area (Å²) >= 11 is 1.95. The van der Waals surface area contributed by atoms with E-state index in [1.807, 2.05) is 12.1 Å². The molecule has 1 aliphatic rings. The first-order valence-corrected chi connectivity index (χ1v) is 11.4. The Labute approximate surface area is 201 Å². The van der Waals surface area contributed by atoms with Crippen LogP contribution in [-0.2, 0) is 0 Å². The molecular weight excluding hydrogens is 503 g/mol. The van der Waals surface area contributed by atoms with E-state index in [1.165, 1.54) is 12.1 Å². The van der Waals surface area contributed by atoms with Crippen molar-refractivity contribution in [2.75, 3.05) is 0 Å². The van der Waals surface area contributed by atoms with Crippen LogP contribution in [0.1, 0.15) is 20.8 Å². The van der Waals surface area contributed by atoms with Gasteiger partial charge in [0.1, 0.15) is 17.7 Å². The number of Topliss-reactive ketones (excluding diaryl/α,β-unsaturated/α-hetero) is 1. The van der Waals surface area contributed by atoms with Crippen LogP contribution in [0.15, 0.2) is 47.5 Å². The number of ketones is 1. The van der Waals surface area contributed by atoms with E-state index in [4.69, 9.17) is 0 Å². The Balaban J connectivity index is 1.63. The third kappa shape index (κ3) is 3.38. The van der Waals surface area contributed by atoms with Gasteiger partial charge in [-0.1, -0.05) is 24.3 Å². The summed E-state index contributed by atoms with van der Waals surface area (Å²) in [4.78, 5) is 13.4. The Kier molecular flexibility index (Phi) is 5.36. The maximum absolute atomic E-state index is 14.2. The molecule has 0 bridgehead atoms. The van der Waals surface area contributed by atoms with Crippen molar-refractivity contribution in [3.05, 3.63) is 92.6 Å². The standard InChI is InChI=1S/C25H7F5N2OS2/c26-20-19(21(27)23(29)24(30)22(20)28)17-7-16-15(35-17)6-11(34-16)5-14-18(10(8-31)9-32)12-3-1-2-4-13(12)25(14)33/h1-7H/b14-5-. The Morgan fingerprint density at radius 2 is 1.37 bits per heavy atom. The molecule has 0 saturated heterocycles. The van der Waals surface area contributed by atoms with Crippen molar-refractivity contribution in [1.82, 2.24) is 0 Å². The van der Waals surface area contributed by atoms with Crippen molar-refractivity contribution >= 4 is 49.5 Å². The lowest BCUT2D eigenvalue weighted by molar-refractivity contribution is 0.104. The number of fused-ring (bicyclic) bond motifs is 2. The first kappa shape index (κ1) is 22.7. The van der Waals surface area contributed by atoms with Gasteiger partial charge in [0, 0.05) is 35.9 Å². The number of halogens is 5. The van der Waals surface area contributed by atoms with Crippen LogP contribution < -0.4 is 0 Å². The molecule has 10 heteroatoms. The molecule has 5 rings (SSSR count). The van der Waals surface area contributed by atoms with Crippen LogP contribution in [0.5, 0.6) is 0 Å². The van der Waals surface area contributed by atoms with Gasteiger partial charge < -0.3 is 0 Å². The predicted octanol–water partition coefficient (Wildman–Crippen LogP) is 7.41. The second-order valence-electron chi connectivity index (χ2n) is 7.34. The van der Waals surface area contributed by atoms with Crippen molar-refractivity contribution in [2.45, 2.75) is 0 Å². The normalized spacial score (nSPS) is 13.9. The summed E-state index contributed by atoms with van der Waals surface area (Å²) in [5.41, 5.74) is -0.0410. The van der Waals surface area contributed by atoms with Crippen LogP contribution in [0, 0.1) is 51.7 Å². The van der Waals surface area contributed by atoms with Crippen LogP contribution in [0.3, 0.4) is 0 Å². The van der Waals surface area contributed by atoms with Crippen LogP contribution in [-0.4, -0.2) is 5.78 Å². The maximum Gasteiger partial charge on any atom is 0.200 e. The zero-order chi connectivity index (χ0) is 25.0. The fourth-order valence-electron chi connectivity index (χ4n) is 3.86. The molecule has 0 spiro atoms. The summed E-state index contributed by atoms with van der Waals surface area (Å²) in [6, 6.07) is 13.1. The smallest absolute Gasteiger partial charge is 0.200 e. The molecule has 2 aromatic carbocycles. The summed E-state index contributed by atoms with van der Waals surface area (Å²) < 4.78 is 70.1. The molecule has 0 amide bonds. The van der Waals surface area contributed by atoms with Gasteiger partial charge in [-0.3, -0.25) is 4.79 Å². The van der Waals surface area contributed by atoms with Crippen molar-refractivity contribution in [1.29, 1.82) is 10.5 Å². The number of thiophene rings is 2. The quantitative estimate of drug-likeness (QED) is 0.0928. The molecule has 0 radical (unpaired) electrons. The molecule has 2 heterocycles. The van der Waals surface area contributed by atoms with E-state index in [-0.39, 0.29) is 27.4 Å². The lowest BCUT2D eigenvalue weighted by Crippen LogP contribution is -2.03. The fraction of sp³-hybridized carbons (Fsp3) is 0. The van der Waals surface area contributed by atoms with Gasteiger partial charge in [0.15, 0.2) is 29.1 Å². The van der Waals surface area contributed by atoms with Crippen molar-refractivity contribution in [2.24, 2.45) is 0 Å². The van der Waals surface area contributed by atoms with E-state index in [2.05, 4.69) is 0 Å². The van der Waals surface area contributed by atoms with Crippen molar-refractivity contribution in [3.8, 4) is 22.6 Å². The Morgan fingerprint density at radius 1 is 0.800 bits per heavy atom. The number of nitrogens with zero attached hydrogens (tertiary/aromatic N) is 2. The minimum Gasteiger partial charge on any atom is -0.289 e. The third-order valence-electron chi connectivity index (χ3n) is 5.40. The topological polar surface area (TPSA) is 64.7 Å². The average Bonchev–Trinajstić information content (AvgIpc) is 3.49. The largest absolute Gasteiger partial charge is 0.289 e. The SMILES string of the molecule is N#CC(C#N)=C1/C(=C/c2cc3sc(-c4c(F)c(F)c(F)c(F)c4F)cc3s2)C(=O)c2ccccc21. The van der Waals surface area contributed by atoms with Crippen molar-refractivity contribution in [3.63, 3.8) is 0 Å². The van der Waals surface area contributed by atoms with Gasteiger partial charge >= 0.3 is 0 Å². The lowest BCUT2D eigenvalue weighted by Gasteiger charge is -2.06. The highest BCUT2D eigenvalue weighted by Crippen LogP contribution is 2.44. The van der Waals surface area contributed by atoms with Gasteiger partial charge in [-0.15, -0.1) is 22.7 Å². The molecule has 0 fully saturated rings. The molecule has 35 heavy (non-hydrogen) atoms. The van der Waals surface area contributed by atoms with Crippen LogP contribution in [0.4, 0.5) is 22.0 Å². The molecule has 0 N–H and O–H groups in total. The molecular formula is C25H7F5N2OS2. The summed E-state index contributed by atoms with van der Waals surface area (Å²) in [7, 11) is 0. The zero-order valence-electron chi connectivity index (χ0n) is 17.1. The van der Waals surface area contributed by atoms with Gasteiger partial charge in [-0.05, 0) is 23.8 Å². The molecule has 0 saturated carbocycles. The predicted molar refractivity (Wildman–Crippen MR) is 122 cm³/mol. The summed E-state index contributed by atoms with van der Waals surface area (Å²) in [6.45, 7) is 0. The van der Waals surface area contributed by atoms with Gasteiger partial charge in [0.25, 0.3) is 0 Å². The number of benzene rings is 2. The summed E-state index contributed by atoms with van der Waals surface area (Å²) in [5.74, 6) is -10.5. The van der Waals surface area contributed by atoms with Gasteiger partial charge in [-0.2, -0.15) is 10.5 Å². The molecule has 0 aliphatic heterocycles. The Morgan fingerprint density at radius 3 is 1.97 bits per heavy atom. The third-order valence-corrected chi connectivity index (χ3v) is 7.66. The number of allylic oxidation sites excluding steroid dienone is 3. The van der Waals surface area contributed by atoms with Gasteiger partial charge in [0.05, 0.1) is 5.56 Å². The van der Waals surface area contributed by atoms with Crippen LogP contribution in [0.2, 0.25) is 0 Å². The number of nitriles is 2. The van der Waals surface area contributed by atoms with Gasteiger partial charge in [0.2, 0.25) is 5.82 Å². The highest BCUT2D eigenvalue weighted by atomic mass is 32.1. The van der Waals surface area contributed by atoms with E-state index in [1.54, 1.807) is 30.3 Å². The van der Waals surface area contributed by atoms with E-state index in [0.717, 1.165) is 22.7 Å². The van der Waals surface area contributed by atoms with E-state index in [9.17, 15) is 37.3 Å². The Hall–Kier alpha value is -4.12. The molecule has 170 valence electrons.